The number of halogens is 2. The Balaban J connectivity index is 2.10. The van der Waals surface area contributed by atoms with Gasteiger partial charge in [-0.05, 0) is 48.7 Å². The Morgan fingerprint density at radius 2 is 2.00 bits per heavy atom. The van der Waals surface area contributed by atoms with Crippen molar-refractivity contribution in [3.63, 3.8) is 0 Å². The molecule has 0 aliphatic heterocycles. The highest BCUT2D eigenvalue weighted by Crippen LogP contribution is 2.35. The van der Waals surface area contributed by atoms with Gasteiger partial charge >= 0.3 is 5.76 Å². The molecule has 31 heavy (non-hydrogen) atoms. The summed E-state index contributed by atoms with van der Waals surface area (Å²) in [6.07, 6.45) is 0. The van der Waals surface area contributed by atoms with E-state index in [1.807, 2.05) is 0 Å². The van der Waals surface area contributed by atoms with Crippen molar-refractivity contribution in [2.24, 2.45) is 0 Å². The van der Waals surface area contributed by atoms with Gasteiger partial charge in [-0.3, -0.25) is 0 Å². The first-order valence-corrected chi connectivity index (χ1v) is 10.8. The maximum absolute atomic E-state index is 14.7. The fraction of sp³-hybridized carbons (Fsp3) is 0.263. The summed E-state index contributed by atoms with van der Waals surface area (Å²) in [5, 5.41) is 14.4. The molecule has 162 valence electrons. The molecule has 2 aromatic heterocycles. The van der Waals surface area contributed by atoms with Gasteiger partial charge in [0, 0.05) is 5.92 Å². The fourth-order valence-corrected chi connectivity index (χ4v) is 4.52. The highest BCUT2D eigenvalue weighted by Gasteiger charge is 2.34. The van der Waals surface area contributed by atoms with Crippen LogP contribution in [0.4, 0.5) is 4.39 Å². The van der Waals surface area contributed by atoms with E-state index >= 15 is 0 Å². The molecule has 2 N–H and O–H groups in total. The van der Waals surface area contributed by atoms with Crippen LogP contribution in [0.5, 0.6) is 0 Å². The Labute approximate surface area is 181 Å². The monoisotopic (exact) mass is 465 g/mol. The summed E-state index contributed by atoms with van der Waals surface area (Å²) in [7, 11) is -4.35. The molecule has 0 radical (unpaired) electrons. The van der Waals surface area contributed by atoms with E-state index in [4.69, 9.17) is 21.3 Å². The average molecular weight is 466 g/mol. The van der Waals surface area contributed by atoms with Gasteiger partial charge in [0.15, 0.2) is 10.7 Å². The maximum atomic E-state index is 14.7. The summed E-state index contributed by atoms with van der Waals surface area (Å²) in [6.45, 7) is 5.07. The van der Waals surface area contributed by atoms with Crippen LogP contribution in [0.15, 0.2) is 38.5 Å². The minimum Gasteiger partial charge on any atom is -0.391 e. The first-order valence-electron chi connectivity index (χ1n) is 8.95. The standard InChI is InChI=1S/C19H17ClFN5O4S/c1-9-4-6-13(21)16(10(9)2)11(3)17(18-24-25-19(27)30-18)26-31(28,29)15-7-5-12(20)14(8-22)23-15/h4-7,11,17,26H,1-3H3,(H,25,27)/t11-,17+/m1/s1. The van der Waals surface area contributed by atoms with E-state index in [1.54, 1.807) is 32.9 Å². The average Bonchev–Trinajstić information content (AvgIpc) is 3.15. The normalized spacial score (nSPS) is 13.5. The molecule has 0 bridgehead atoms. The van der Waals surface area contributed by atoms with Gasteiger partial charge in [-0.15, -0.1) is 5.10 Å². The number of rotatable bonds is 6. The molecule has 0 spiro atoms. The van der Waals surface area contributed by atoms with Gasteiger partial charge in [0.05, 0.1) is 5.02 Å². The van der Waals surface area contributed by atoms with Crippen LogP contribution >= 0.6 is 11.6 Å². The molecule has 12 heteroatoms. The summed E-state index contributed by atoms with van der Waals surface area (Å²) >= 11 is 5.83. The molecule has 0 saturated carbocycles. The van der Waals surface area contributed by atoms with Gasteiger partial charge in [0.1, 0.15) is 17.9 Å². The molecule has 0 unspecified atom stereocenters. The van der Waals surface area contributed by atoms with E-state index in [1.165, 1.54) is 12.1 Å². The summed E-state index contributed by atoms with van der Waals surface area (Å²) in [5.74, 6) is -2.56. The Kier molecular flexibility index (Phi) is 6.26. The number of hydrogen-bond donors (Lipinski definition) is 2. The van der Waals surface area contributed by atoms with E-state index < -0.39 is 38.6 Å². The lowest BCUT2D eigenvalue weighted by Gasteiger charge is -2.24. The van der Waals surface area contributed by atoms with Crippen molar-refractivity contribution >= 4 is 21.6 Å². The summed E-state index contributed by atoms with van der Waals surface area (Å²) < 4.78 is 48.0. The Hall–Kier alpha value is -3.07. The number of benzene rings is 1. The van der Waals surface area contributed by atoms with Gasteiger partial charge < -0.3 is 4.42 Å². The van der Waals surface area contributed by atoms with E-state index in [9.17, 15) is 17.6 Å². The number of nitriles is 1. The SMILES string of the molecule is Cc1ccc(F)c([C@@H](C)[C@H](NS(=O)(=O)c2ccc(Cl)c(C#N)n2)c2n[nH]c(=O)o2)c1C. The van der Waals surface area contributed by atoms with E-state index in [2.05, 4.69) is 19.9 Å². The largest absolute Gasteiger partial charge is 0.434 e. The molecular weight excluding hydrogens is 449 g/mol. The minimum absolute atomic E-state index is 0.0119. The van der Waals surface area contributed by atoms with Gasteiger partial charge in [0.2, 0.25) is 5.89 Å². The Morgan fingerprint density at radius 1 is 1.29 bits per heavy atom. The number of H-pyrrole nitrogens is 1. The number of nitrogens with zero attached hydrogens (tertiary/aromatic N) is 3. The molecule has 9 nitrogen and oxygen atoms in total. The zero-order valence-electron chi connectivity index (χ0n) is 16.6. The van der Waals surface area contributed by atoms with Crippen LogP contribution in [-0.2, 0) is 10.0 Å². The zero-order valence-corrected chi connectivity index (χ0v) is 18.2. The molecule has 0 amide bonds. The highest BCUT2D eigenvalue weighted by molar-refractivity contribution is 7.89. The number of aromatic nitrogens is 3. The van der Waals surface area contributed by atoms with Gasteiger partial charge in [-0.1, -0.05) is 24.6 Å². The second kappa shape index (κ2) is 8.58. The number of aromatic amines is 1. The molecular formula is C19H17ClFN5O4S. The van der Waals surface area contributed by atoms with Crippen molar-refractivity contribution in [2.75, 3.05) is 0 Å². The van der Waals surface area contributed by atoms with Crippen LogP contribution in [-0.4, -0.2) is 23.6 Å². The van der Waals surface area contributed by atoms with Crippen molar-refractivity contribution < 1.29 is 17.2 Å². The quantitative estimate of drug-likeness (QED) is 0.569. The second-order valence-electron chi connectivity index (χ2n) is 6.83. The predicted octanol–water partition coefficient (Wildman–Crippen LogP) is 2.86. The molecule has 0 fully saturated rings. The van der Waals surface area contributed by atoms with Crippen LogP contribution < -0.4 is 10.5 Å². The first kappa shape index (κ1) is 22.6. The second-order valence-corrected chi connectivity index (χ2v) is 8.90. The number of hydrogen-bond acceptors (Lipinski definition) is 7. The van der Waals surface area contributed by atoms with Crippen LogP contribution in [0.1, 0.15) is 47.2 Å². The summed E-state index contributed by atoms with van der Waals surface area (Å²) in [4.78, 5) is 15.3. The molecule has 0 saturated heterocycles. The van der Waals surface area contributed by atoms with Crippen molar-refractivity contribution in [2.45, 2.75) is 37.8 Å². The third-order valence-electron chi connectivity index (χ3n) is 4.89. The van der Waals surface area contributed by atoms with Crippen LogP contribution in [0, 0.1) is 31.0 Å². The lowest BCUT2D eigenvalue weighted by Crippen LogP contribution is -2.33. The van der Waals surface area contributed by atoms with Gasteiger partial charge in [0.25, 0.3) is 10.0 Å². The van der Waals surface area contributed by atoms with Gasteiger partial charge in [-0.25, -0.2) is 27.7 Å². The zero-order chi connectivity index (χ0) is 22.9. The number of sulfonamides is 1. The van der Waals surface area contributed by atoms with Crippen molar-refractivity contribution in [3.8, 4) is 6.07 Å². The van der Waals surface area contributed by atoms with Crippen molar-refractivity contribution in [1.29, 1.82) is 5.26 Å². The van der Waals surface area contributed by atoms with Crippen LogP contribution in [0.3, 0.4) is 0 Å². The van der Waals surface area contributed by atoms with Crippen molar-refractivity contribution in [1.82, 2.24) is 19.9 Å². The molecule has 3 aromatic rings. The maximum Gasteiger partial charge on any atom is 0.434 e. The predicted molar refractivity (Wildman–Crippen MR) is 108 cm³/mol. The smallest absolute Gasteiger partial charge is 0.391 e. The van der Waals surface area contributed by atoms with Crippen LogP contribution in [0.25, 0.3) is 0 Å². The lowest BCUT2D eigenvalue weighted by atomic mass is 9.88. The molecule has 0 aliphatic carbocycles. The number of pyridine rings is 1. The number of aryl methyl sites for hydroxylation is 1. The Morgan fingerprint density at radius 3 is 2.61 bits per heavy atom. The van der Waals surface area contributed by atoms with Crippen molar-refractivity contribution in [3.05, 3.63) is 73.9 Å². The highest BCUT2D eigenvalue weighted by atomic mass is 35.5. The third kappa shape index (κ3) is 4.51. The lowest BCUT2D eigenvalue weighted by molar-refractivity contribution is 0.376. The van der Waals surface area contributed by atoms with Gasteiger partial charge in [-0.2, -0.15) is 9.98 Å². The third-order valence-corrected chi connectivity index (χ3v) is 6.54. The van der Waals surface area contributed by atoms with E-state index in [0.29, 0.717) is 5.56 Å². The molecule has 1 aromatic carbocycles. The molecule has 2 heterocycles. The van der Waals surface area contributed by atoms with E-state index in [-0.39, 0.29) is 22.2 Å². The topological polar surface area (TPSA) is 142 Å². The molecule has 0 aliphatic rings. The van der Waals surface area contributed by atoms with E-state index in [0.717, 1.165) is 11.6 Å². The molecule has 3 rings (SSSR count). The summed E-state index contributed by atoms with van der Waals surface area (Å²) in [6, 6.07) is 5.67. The fourth-order valence-electron chi connectivity index (χ4n) is 3.15. The summed E-state index contributed by atoms with van der Waals surface area (Å²) in [5.41, 5.74) is 1.37. The molecule has 2 atom stereocenters. The first-order chi connectivity index (χ1) is 14.5. The minimum atomic E-state index is -4.35. The number of nitrogens with one attached hydrogen (secondary N) is 2. The van der Waals surface area contributed by atoms with Crippen LogP contribution in [0.2, 0.25) is 5.02 Å². The Bertz CT molecular complexity index is 1350.